The molecule has 0 atom stereocenters. The van der Waals surface area contributed by atoms with E-state index in [1.165, 1.54) is 37.2 Å². The summed E-state index contributed by atoms with van der Waals surface area (Å²) in [6.07, 6.45) is 5.20. The molecule has 0 spiro atoms. The lowest BCUT2D eigenvalue weighted by Crippen LogP contribution is -2.29. The van der Waals surface area contributed by atoms with Gasteiger partial charge in [-0.05, 0) is 55.7 Å². The number of carbonyl (C=O) groups excluding carboxylic acids is 2. The van der Waals surface area contributed by atoms with Gasteiger partial charge in [0.05, 0.1) is 6.61 Å². The summed E-state index contributed by atoms with van der Waals surface area (Å²) in [6, 6.07) is 10.9. The van der Waals surface area contributed by atoms with Gasteiger partial charge >= 0.3 is 0 Å². The predicted molar refractivity (Wildman–Crippen MR) is 109 cm³/mol. The van der Waals surface area contributed by atoms with Gasteiger partial charge in [-0.25, -0.2) is 0 Å². The Balaban J connectivity index is 1.61. The Morgan fingerprint density at radius 3 is 2.54 bits per heavy atom. The van der Waals surface area contributed by atoms with Crippen LogP contribution in [0.25, 0.3) is 0 Å². The maximum atomic E-state index is 12.5. The van der Waals surface area contributed by atoms with Crippen molar-refractivity contribution in [2.24, 2.45) is 0 Å². The summed E-state index contributed by atoms with van der Waals surface area (Å²) >= 11 is 0. The summed E-state index contributed by atoms with van der Waals surface area (Å²) in [5.41, 5.74) is 2.47. The van der Waals surface area contributed by atoms with Gasteiger partial charge in [0.2, 0.25) is 0 Å². The van der Waals surface area contributed by atoms with Crippen LogP contribution in [0.15, 0.2) is 42.6 Å². The quantitative estimate of drug-likeness (QED) is 0.720. The average molecular weight is 382 g/mol. The van der Waals surface area contributed by atoms with Crippen molar-refractivity contribution in [1.82, 2.24) is 10.3 Å². The number of benzene rings is 1. The first-order valence-electron chi connectivity index (χ1n) is 9.57. The molecule has 1 aromatic carbocycles. The number of piperidine rings is 1. The van der Waals surface area contributed by atoms with E-state index in [0.29, 0.717) is 24.4 Å². The molecule has 1 saturated heterocycles. The Hall–Kier alpha value is -2.93. The van der Waals surface area contributed by atoms with Crippen LogP contribution in [0, 0.1) is 0 Å². The molecule has 2 N–H and O–H groups in total. The van der Waals surface area contributed by atoms with Crippen molar-refractivity contribution in [1.29, 1.82) is 0 Å². The number of methoxy groups -OCH3 is 1. The number of anilines is 2. The van der Waals surface area contributed by atoms with E-state index in [-0.39, 0.29) is 17.5 Å². The Kier molecular flexibility index (Phi) is 6.97. The zero-order chi connectivity index (χ0) is 19.8. The highest BCUT2D eigenvalue weighted by atomic mass is 16.5. The van der Waals surface area contributed by atoms with E-state index >= 15 is 0 Å². The fourth-order valence-corrected chi connectivity index (χ4v) is 3.16. The molecule has 1 aromatic heterocycles. The van der Waals surface area contributed by atoms with Gasteiger partial charge in [0, 0.05) is 49.9 Å². The van der Waals surface area contributed by atoms with Crippen LogP contribution < -0.4 is 15.5 Å². The fraction of sp³-hybridized carbons (Fsp3) is 0.381. The molecule has 0 radical (unpaired) electrons. The number of aromatic nitrogens is 1. The monoisotopic (exact) mass is 382 g/mol. The molecule has 7 nitrogen and oxygen atoms in total. The SMILES string of the molecule is COCCNC(=O)c1cc(C(=O)Nc2ccc(N3CCCCC3)cc2)ccn1. The third-order valence-electron chi connectivity index (χ3n) is 4.69. The number of nitrogens with one attached hydrogen (secondary N) is 2. The van der Waals surface area contributed by atoms with Gasteiger partial charge < -0.3 is 20.3 Å². The third kappa shape index (κ3) is 5.29. The molecule has 0 saturated carbocycles. The standard InChI is InChI=1S/C21H26N4O3/c1-28-14-11-23-21(27)19-15-16(9-10-22-19)20(26)24-17-5-7-18(8-6-17)25-12-3-2-4-13-25/h5-10,15H,2-4,11-14H2,1H3,(H,23,27)(H,24,26). The van der Waals surface area contributed by atoms with Crippen LogP contribution in [0.3, 0.4) is 0 Å². The van der Waals surface area contributed by atoms with Gasteiger partial charge in [0.1, 0.15) is 5.69 Å². The molecule has 0 bridgehead atoms. The second-order valence-electron chi connectivity index (χ2n) is 6.73. The minimum absolute atomic E-state index is 0.198. The number of pyridine rings is 1. The third-order valence-corrected chi connectivity index (χ3v) is 4.69. The van der Waals surface area contributed by atoms with Gasteiger partial charge in [0.25, 0.3) is 11.8 Å². The number of ether oxygens (including phenoxy) is 1. The first kappa shape index (κ1) is 19.8. The van der Waals surface area contributed by atoms with E-state index in [1.54, 1.807) is 13.2 Å². The molecule has 3 rings (SSSR count). The van der Waals surface area contributed by atoms with Crippen LogP contribution in [0.2, 0.25) is 0 Å². The van der Waals surface area contributed by atoms with E-state index in [1.807, 2.05) is 24.3 Å². The molecule has 1 fully saturated rings. The molecule has 0 aliphatic carbocycles. The maximum Gasteiger partial charge on any atom is 0.269 e. The Morgan fingerprint density at radius 2 is 1.82 bits per heavy atom. The lowest BCUT2D eigenvalue weighted by molar-refractivity contribution is 0.0932. The predicted octanol–water partition coefficient (Wildman–Crippen LogP) is 2.70. The summed E-state index contributed by atoms with van der Waals surface area (Å²) in [5.74, 6) is -0.614. The zero-order valence-corrected chi connectivity index (χ0v) is 16.1. The summed E-state index contributed by atoms with van der Waals surface area (Å²) in [5, 5.41) is 5.56. The number of carbonyl (C=O) groups is 2. The van der Waals surface area contributed by atoms with Crippen molar-refractivity contribution in [2.45, 2.75) is 19.3 Å². The average Bonchev–Trinajstić information content (AvgIpc) is 2.75. The largest absolute Gasteiger partial charge is 0.383 e. The first-order valence-corrected chi connectivity index (χ1v) is 9.57. The van der Waals surface area contributed by atoms with Crippen molar-refractivity contribution >= 4 is 23.2 Å². The van der Waals surface area contributed by atoms with E-state index in [4.69, 9.17) is 4.74 Å². The number of hydrogen-bond acceptors (Lipinski definition) is 5. The fourth-order valence-electron chi connectivity index (χ4n) is 3.16. The molecule has 148 valence electrons. The van der Waals surface area contributed by atoms with Crippen LogP contribution in [-0.2, 0) is 4.74 Å². The van der Waals surface area contributed by atoms with Crippen LogP contribution in [0.5, 0.6) is 0 Å². The molecule has 2 heterocycles. The Morgan fingerprint density at radius 1 is 1.07 bits per heavy atom. The summed E-state index contributed by atoms with van der Waals surface area (Å²) < 4.78 is 4.90. The highest BCUT2D eigenvalue weighted by molar-refractivity contribution is 6.05. The Labute approximate surface area is 165 Å². The van der Waals surface area contributed by atoms with Crippen LogP contribution >= 0.6 is 0 Å². The molecular formula is C21H26N4O3. The lowest BCUT2D eigenvalue weighted by atomic mass is 10.1. The topological polar surface area (TPSA) is 83.6 Å². The number of rotatable bonds is 7. The van der Waals surface area contributed by atoms with E-state index in [2.05, 4.69) is 20.5 Å². The number of hydrogen-bond donors (Lipinski definition) is 2. The summed E-state index contributed by atoms with van der Waals surface area (Å²) in [4.78, 5) is 31.0. The molecule has 1 aliphatic heterocycles. The minimum Gasteiger partial charge on any atom is -0.383 e. The normalized spacial score (nSPS) is 13.8. The lowest BCUT2D eigenvalue weighted by Gasteiger charge is -2.28. The molecule has 7 heteroatoms. The van der Waals surface area contributed by atoms with Crippen molar-refractivity contribution in [3.8, 4) is 0 Å². The van der Waals surface area contributed by atoms with Crippen LogP contribution in [0.4, 0.5) is 11.4 Å². The summed E-state index contributed by atoms with van der Waals surface area (Å²) in [6.45, 7) is 2.96. The molecule has 0 unspecified atom stereocenters. The van der Waals surface area contributed by atoms with E-state index < -0.39 is 0 Å². The summed E-state index contributed by atoms with van der Waals surface area (Å²) in [7, 11) is 1.56. The highest BCUT2D eigenvalue weighted by Crippen LogP contribution is 2.22. The van der Waals surface area contributed by atoms with E-state index in [9.17, 15) is 9.59 Å². The molecule has 1 aliphatic rings. The first-order chi connectivity index (χ1) is 13.7. The van der Waals surface area contributed by atoms with Gasteiger partial charge in [-0.3, -0.25) is 14.6 Å². The van der Waals surface area contributed by atoms with Crippen molar-refractivity contribution in [3.63, 3.8) is 0 Å². The Bertz CT molecular complexity index is 802. The second-order valence-corrected chi connectivity index (χ2v) is 6.73. The molecule has 2 amide bonds. The zero-order valence-electron chi connectivity index (χ0n) is 16.1. The van der Waals surface area contributed by atoms with Crippen LogP contribution in [-0.4, -0.2) is 50.1 Å². The van der Waals surface area contributed by atoms with Crippen molar-refractivity contribution in [2.75, 3.05) is 43.6 Å². The highest BCUT2D eigenvalue weighted by Gasteiger charge is 2.13. The van der Waals surface area contributed by atoms with E-state index in [0.717, 1.165) is 13.1 Å². The molecule has 2 aromatic rings. The second kappa shape index (κ2) is 9.85. The van der Waals surface area contributed by atoms with Crippen LogP contribution in [0.1, 0.15) is 40.1 Å². The molecule has 28 heavy (non-hydrogen) atoms. The van der Waals surface area contributed by atoms with Gasteiger partial charge in [-0.15, -0.1) is 0 Å². The van der Waals surface area contributed by atoms with Crippen molar-refractivity contribution < 1.29 is 14.3 Å². The van der Waals surface area contributed by atoms with Gasteiger partial charge in [-0.2, -0.15) is 0 Å². The maximum absolute atomic E-state index is 12.5. The molecular weight excluding hydrogens is 356 g/mol. The smallest absolute Gasteiger partial charge is 0.269 e. The van der Waals surface area contributed by atoms with Gasteiger partial charge in [0.15, 0.2) is 0 Å². The van der Waals surface area contributed by atoms with Gasteiger partial charge in [-0.1, -0.05) is 0 Å². The van der Waals surface area contributed by atoms with Crippen molar-refractivity contribution in [3.05, 3.63) is 53.9 Å². The number of amides is 2. The number of nitrogens with zero attached hydrogens (tertiary/aromatic N) is 2. The minimum atomic E-state index is -0.336.